The molecular formula is C13H12F3N3. The fourth-order valence-electron chi connectivity index (χ4n) is 1.92. The lowest BCUT2D eigenvalue weighted by atomic mass is 9.95. The van der Waals surface area contributed by atoms with Gasteiger partial charge in [-0.15, -0.1) is 0 Å². The second-order valence-corrected chi connectivity index (χ2v) is 3.97. The molecular weight excluding hydrogens is 255 g/mol. The molecule has 19 heavy (non-hydrogen) atoms. The Balaban J connectivity index is 2.51. The molecule has 0 saturated heterocycles. The quantitative estimate of drug-likeness (QED) is 0.664. The van der Waals surface area contributed by atoms with Crippen molar-refractivity contribution in [2.75, 3.05) is 0 Å². The first-order valence-corrected chi connectivity index (χ1v) is 5.56. The van der Waals surface area contributed by atoms with Crippen LogP contribution in [0.5, 0.6) is 0 Å². The lowest BCUT2D eigenvalue weighted by molar-refractivity contribution is -0.138. The fourth-order valence-corrected chi connectivity index (χ4v) is 1.92. The molecule has 6 heteroatoms. The van der Waals surface area contributed by atoms with Gasteiger partial charge >= 0.3 is 6.18 Å². The number of nitrogens with zero attached hydrogens (tertiary/aromatic N) is 1. The van der Waals surface area contributed by atoms with Crippen molar-refractivity contribution in [2.45, 2.75) is 12.2 Å². The van der Waals surface area contributed by atoms with Crippen LogP contribution in [0.1, 0.15) is 22.7 Å². The molecule has 2 aromatic rings. The van der Waals surface area contributed by atoms with Crippen LogP contribution in [0, 0.1) is 0 Å². The molecule has 0 saturated carbocycles. The predicted molar refractivity (Wildman–Crippen MR) is 64.8 cm³/mol. The number of halogens is 3. The summed E-state index contributed by atoms with van der Waals surface area (Å²) in [7, 11) is 0. The van der Waals surface area contributed by atoms with Gasteiger partial charge in [0.05, 0.1) is 11.6 Å². The van der Waals surface area contributed by atoms with Crippen LogP contribution >= 0.6 is 0 Å². The SMILES string of the molecule is NNC(c1cccnc1)c1ccccc1C(F)(F)F. The highest BCUT2D eigenvalue weighted by atomic mass is 19.4. The van der Waals surface area contributed by atoms with E-state index in [9.17, 15) is 13.2 Å². The maximum atomic E-state index is 13.0. The van der Waals surface area contributed by atoms with Crippen molar-refractivity contribution in [1.29, 1.82) is 0 Å². The molecule has 0 spiro atoms. The zero-order valence-corrected chi connectivity index (χ0v) is 9.85. The minimum atomic E-state index is -4.42. The van der Waals surface area contributed by atoms with Gasteiger partial charge in [-0.3, -0.25) is 10.8 Å². The van der Waals surface area contributed by atoms with Gasteiger partial charge in [-0.1, -0.05) is 24.3 Å². The number of pyridine rings is 1. The number of nitrogens with two attached hydrogens (primary N) is 1. The lowest BCUT2D eigenvalue weighted by Gasteiger charge is -2.21. The van der Waals surface area contributed by atoms with Gasteiger partial charge in [-0.05, 0) is 23.3 Å². The summed E-state index contributed by atoms with van der Waals surface area (Å²) in [5, 5.41) is 0. The topological polar surface area (TPSA) is 50.9 Å². The van der Waals surface area contributed by atoms with Gasteiger partial charge in [0.15, 0.2) is 0 Å². The Hall–Kier alpha value is -1.92. The van der Waals surface area contributed by atoms with Gasteiger partial charge in [-0.2, -0.15) is 13.2 Å². The number of nitrogens with one attached hydrogen (secondary N) is 1. The number of alkyl halides is 3. The molecule has 0 aliphatic heterocycles. The summed E-state index contributed by atoms with van der Waals surface area (Å²) in [4.78, 5) is 3.89. The molecule has 0 fully saturated rings. The Bertz CT molecular complexity index is 540. The molecule has 0 bridgehead atoms. The predicted octanol–water partition coefficient (Wildman–Crippen LogP) is 2.65. The molecule has 1 aromatic heterocycles. The van der Waals surface area contributed by atoms with Crippen molar-refractivity contribution in [3.63, 3.8) is 0 Å². The molecule has 1 heterocycles. The minimum absolute atomic E-state index is 0.0745. The number of aromatic nitrogens is 1. The van der Waals surface area contributed by atoms with E-state index in [0.29, 0.717) is 5.56 Å². The van der Waals surface area contributed by atoms with E-state index in [4.69, 9.17) is 5.84 Å². The number of benzene rings is 1. The largest absolute Gasteiger partial charge is 0.416 e. The van der Waals surface area contributed by atoms with Crippen LogP contribution in [0.2, 0.25) is 0 Å². The highest BCUT2D eigenvalue weighted by molar-refractivity contribution is 5.37. The van der Waals surface area contributed by atoms with Crippen LogP contribution in [-0.2, 0) is 6.18 Å². The van der Waals surface area contributed by atoms with Crippen molar-refractivity contribution in [1.82, 2.24) is 10.4 Å². The van der Waals surface area contributed by atoms with Gasteiger partial charge in [0, 0.05) is 12.4 Å². The van der Waals surface area contributed by atoms with Gasteiger partial charge in [0.1, 0.15) is 0 Å². The maximum absolute atomic E-state index is 13.0. The molecule has 0 aliphatic carbocycles. The fraction of sp³-hybridized carbons (Fsp3) is 0.154. The first-order valence-electron chi connectivity index (χ1n) is 5.56. The van der Waals surface area contributed by atoms with Crippen molar-refractivity contribution in [3.8, 4) is 0 Å². The highest BCUT2D eigenvalue weighted by Crippen LogP contribution is 2.35. The summed E-state index contributed by atoms with van der Waals surface area (Å²) in [6, 6.07) is 7.90. The zero-order valence-electron chi connectivity index (χ0n) is 9.85. The molecule has 1 aromatic carbocycles. The van der Waals surface area contributed by atoms with Crippen molar-refractivity contribution < 1.29 is 13.2 Å². The third kappa shape index (κ3) is 2.91. The minimum Gasteiger partial charge on any atom is -0.271 e. The summed E-state index contributed by atoms with van der Waals surface area (Å²) in [6.45, 7) is 0. The van der Waals surface area contributed by atoms with Gasteiger partial charge in [0.2, 0.25) is 0 Å². The second-order valence-electron chi connectivity index (χ2n) is 3.97. The van der Waals surface area contributed by atoms with E-state index in [1.165, 1.54) is 18.3 Å². The summed E-state index contributed by atoms with van der Waals surface area (Å²) in [5.41, 5.74) is 2.35. The maximum Gasteiger partial charge on any atom is 0.416 e. The first-order chi connectivity index (χ1) is 9.04. The molecule has 1 unspecified atom stereocenters. The summed E-state index contributed by atoms with van der Waals surface area (Å²) in [6.07, 6.45) is -1.39. The summed E-state index contributed by atoms with van der Waals surface area (Å²) in [5.74, 6) is 5.40. The van der Waals surface area contributed by atoms with E-state index in [1.807, 2.05) is 0 Å². The Morgan fingerprint density at radius 2 is 1.84 bits per heavy atom. The van der Waals surface area contributed by atoms with E-state index >= 15 is 0 Å². The first kappa shape index (κ1) is 13.5. The Labute approximate surface area is 108 Å². The van der Waals surface area contributed by atoms with E-state index in [-0.39, 0.29) is 5.56 Å². The van der Waals surface area contributed by atoms with E-state index in [2.05, 4.69) is 10.4 Å². The number of hydrogen-bond acceptors (Lipinski definition) is 3. The van der Waals surface area contributed by atoms with Crippen molar-refractivity contribution >= 4 is 0 Å². The second kappa shape index (κ2) is 5.38. The Morgan fingerprint density at radius 3 is 2.42 bits per heavy atom. The average Bonchev–Trinajstić information content (AvgIpc) is 2.40. The Kier molecular flexibility index (Phi) is 3.82. The van der Waals surface area contributed by atoms with Crippen LogP contribution in [0.3, 0.4) is 0 Å². The molecule has 1 atom stereocenters. The summed E-state index contributed by atoms with van der Waals surface area (Å²) >= 11 is 0. The lowest BCUT2D eigenvalue weighted by Crippen LogP contribution is -2.30. The average molecular weight is 267 g/mol. The van der Waals surface area contributed by atoms with Crippen molar-refractivity contribution in [2.24, 2.45) is 5.84 Å². The zero-order chi connectivity index (χ0) is 13.9. The summed E-state index contributed by atoms with van der Waals surface area (Å²) < 4.78 is 38.9. The smallest absolute Gasteiger partial charge is 0.271 e. The van der Waals surface area contributed by atoms with Crippen LogP contribution in [0.4, 0.5) is 13.2 Å². The third-order valence-electron chi connectivity index (χ3n) is 2.76. The highest BCUT2D eigenvalue weighted by Gasteiger charge is 2.35. The molecule has 2 rings (SSSR count). The molecule has 100 valence electrons. The van der Waals surface area contributed by atoms with Crippen LogP contribution in [0.25, 0.3) is 0 Å². The molecule has 0 aliphatic rings. The van der Waals surface area contributed by atoms with Gasteiger partial charge in [0.25, 0.3) is 0 Å². The Morgan fingerprint density at radius 1 is 1.11 bits per heavy atom. The van der Waals surface area contributed by atoms with E-state index in [0.717, 1.165) is 6.07 Å². The van der Waals surface area contributed by atoms with Crippen LogP contribution in [-0.4, -0.2) is 4.98 Å². The number of hydrogen-bond donors (Lipinski definition) is 2. The molecule has 0 amide bonds. The van der Waals surface area contributed by atoms with E-state index < -0.39 is 17.8 Å². The van der Waals surface area contributed by atoms with Gasteiger partial charge in [-0.25, -0.2) is 5.43 Å². The van der Waals surface area contributed by atoms with E-state index in [1.54, 1.807) is 24.4 Å². The monoisotopic (exact) mass is 267 g/mol. The van der Waals surface area contributed by atoms with Crippen LogP contribution < -0.4 is 11.3 Å². The van der Waals surface area contributed by atoms with Gasteiger partial charge < -0.3 is 0 Å². The third-order valence-corrected chi connectivity index (χ3v) is 2.76. The molecule has 0 radical (unpaired) electrons. The molecule has 3 N–H and O–H groups in total. The number of rotatable bonds is 3. The van der Waals surface area contributed by atoms with Crippen molar-refractivity contribution in [3.05, 3.63) is 65.5 Å². The molecule has 3 nitrogen and oxygen atoms in total. The normalized spacial score (nSPS) is 13.3. The van der Waals surface area contributed by atoms with Crippen LogP contribution in [0.15, 0.2) is 48.8 Å². The number of hydrazine groups is 1. The standard InChI is InChI=1S/C13H12F3N3/c14-13(15,16)11-6-2-1-5-10(11)12(19-17)9-4-3-7-18-8-9/h1-8,12,19H,17H2.